The van der Waals surface area contributed by atoms with Crippen molar-refractivity contribution in [1.82, 2.24) is 9.97 Å². The summed E-state index contributed by atoms with van der Waals surface area (Å²) >= 11 is 0. The zero-order chi connectivity index (χ0) is 30.7. The summed E-state index contributed by atoms with van der Waals surface area (Å²) in [6.07, 6.45) is 7.33. The predicted octanol–water partition coefficient (Wildman–Crippen LogP) is 7.83. The standard InChI is InChI=1S/C36H47N3O3S/c1-22(2)15-26-13-14-29-17-31(32-23(3)9-7-10-24(32)4)38-34(37-29)39-43(41,42)30-12-8-11-25(16-30)33(26)27-18-36(19-27)20-28(21-36)35(5,6)40/h7-12,16-17,22,26-28,33,40H,13-15,18-21H2,1-6H3,(H,37,38,39)/t26-,27?,28?,33?,36?/m0/s1. The Bertz CT molecular complexity index is 1590. The lowest BCUT2D eigenvalue weighted by molar-refractivity contribution is -0.146. The third-order valence-electron chi connectivity index (χ3n) is 10.6. The lowest BCUT2D eigenvalue weighted by Gasteiger charge is -2.62. The van der Waals surface area contributed by atoms with Crippen LogP contribution in [-0.2, 0) is 16.4 Å². The molecule has 2 aromatic carbocycles. The quantitative estimate of drug-likeness (QED) is 0.311. The molecule has 0 saturated heterocycles. The van der Waals surface area contributed by atoms with Gasteiger partial charge in [0.25, 0.3) is 10.0 Å². The van der Waals surface area contributed by atoms with Crippen LogP contribution >= 0.6 is 0 Å². The minimum Gasteiger partial charge on any atom is -0.390 e. The number of aliphatic hydroxyl groups is 1. The van der Waals surface area contributed by atoms with Gasteiger partial charge in [-0.05, 0) is 143 Å². The van der Waals surface area contributed by atoms with Crippen molar-refractivity contribution in [3.8, 4) is 11.3 Å². The van der Waals surface area contributed by atoms with Gasteiger partial charge in [-0.15, -0.1) is 0 Å². The van der Waals surface area contributed by atoms with Crippen molar-refractivity contribution < 1.29 is 13.5 Å². The minimum atomic E-state index is -3.89. The number of anilines is 1. The lowest BCUT2D eigenvalue weighted by atomic mass is 9.43. The molecule has 2 atom stereocenters. The van der Waals surface area contributed by atoms with E-state index in [-0.39, 0.29) is 16.8 Å². The first kappa shape index (κ1) is 30.3. The fourth-order valence-electron chi connectivity index (χ4n) is 8.52. The summed E-state index contributed by atoms with van der Waals surface area (Å²) in [7, 11) is -3.89. The summed E-state index contributed by atoms with van der Waals surface area (Å²) in [5.41, 5.74) is 5.72. The second-order valence-corrected chi connectivity index (χ2v) is 16.6. The molecule has 230 valence electrons. The number of hydrogen-bond acceptors (Lipinski definition) is 5. The van der Waals surface area contributed by atoms with Crippen LogP contribution in [-0.4, -0.2) is 29.1 Å². The number of fused-ring (bicyclic) bond motifs is 4. The molecule has 1 unspecified atom stereocenters. The third-order valence-corrected chi connectivity index (χ3v) is 11.9. The van der Waals surface area contributed by atoms with Crippen LogP contribution in [0.3, 0.4) is 0 Å². The van der Waals surface area contributed by atoms with E-state index < -0.39 is 15.6 Å². The first-order valence-electron chi connectivity index (χ1n) is 16.0. The van der Waals surface area contributed by atoms with Gasteiger partial charge < -0.3 is 5.11 Å². The van der Waals surface area contributed by atoms with Gasteiger partial charge >= 0.3 is 0 Å². The molecular weight excluding hydrogens is 554 g/mol. The van der Waals surface area contributed by atoms with E-state index in [2.05, 4.69) is 56.7 Å². The largest absolute Gasteiger partial charge is 0.390 e. The van der Waals surface area contributed by atoms with Crippen molar-refractivity contribution in [2.24, 2.45) is 29.1 Å². The number of aryl methyl sites for hydroxylation is 3. The van der Waals surface area contributed by atoms with Crippen LogP contribution in [0.15, 0.2) is 53.4 Å². The van der Waals surface area contributed by atoms with E-state index in [1.54, 1.807) is 6.07 Å². The molecule has 4 bridgehead atoms. The number of nitrogens with zero attached hydrogens (tertiary/aromatic N) is 2. The molecule has 6 rings (SSSR count). The molecule has 6 nitrogen and oxygen atoms in total. The molecule has 3 aromatic rings. The average Bonchev–Trinajstić information content (AvgIpc) is 2.85. The maximum Gasteiger partial charge on any atom is 0.264 e. The fourth-order valence-corrected chi connectivity index (χ4v) is 9.52. The predicted molar refractivity (Wildman–Crippen MR) is 172 cm³/mol. The summed E-state index contributed by atoms with van der Waals surface area (Å²) in [6, 6.07) is 15.9. The van der Waals surface area contributed by atoms with Crippen LogP contribution in [0.4, 0.5) is 5.95 Å². The molecule has 1 aromatic heterocycles. The van der Waals surface area contributed by atoms with Crippen molar-refractivity contribution >= 4 is 16.0 Å². The highest BCUT2D eigenvalue weighted by atomic mass is 32.2. The molecule has 3 aliphatic rings. The van der Waals surface area contributed by atoms with Crippen LogP contribution in [0.2, 0.25) is 0 Å². The topological polar surface area (TPSA) is 92.2 Å². The van der Waals surface area contributed by atoms with Crippen molar-refractivity contribution in [2.75, 3.05) is 4.72 Å². The molecule has 0 amide bonds. The first-order valence-corrected chi connectivity index (χ1v) is 17.5. The molecule has 7 heteroatoms. The number of sulfonamides is 1. The van der Waals surface area contributed by atoms with Crippen LogP contribution in [0.25, 0.3) is 11.3 Å². The van der Waals surface area contributed by atoms with Gasteiger partial charge in [0, 0.05) is 11.3 Å². The Morgan fingerprint density at radius 3 is 2.33 bits per heavy atom. The smallest absolute Gasteiger partial charge is 0.264 e. The van der Waals surface area contributed by atoms with Gasteiger partial charge in [-0.2, -0.15) is 0 Å². The monoisotopic (exact) mass is 601 g/mol. The van der Waals surface area contributed by atoms with E-state index >= 15 is 0 Å². The Kier molecular flexibility index (Phi) is 7.73. The molecule has 1 spiro atoms. The zero-order valence-electron chi connectivity index (χ0n) is 26.5. The van der Waals surface area contributed by atoms with E-state index in [1.165, 1.54) is 0 Å². The molecule has 1 aliphatic heterocycles. The van der Waals surface area contributed by atoms with E-state index in [1.807, 2.05) is 32.0 Å². The molecular formula is C36H47N3O3S. The molecule has 43 heavy (non-hydrogen) atoms. The second kappa shape index (κ2) is 11.0. The van der Waals surface area contributed by atoms with Gasteiger partial charge in [0.1, 0.15) is 0 Å². The normalized spacial score (nSPS) is 28.3. The van der Waals surface area contributed by atoms with Gasteiger partial charge in [-0.25, -0.2) is 23.1 Å². The highest BCUT2D eigenvalue weighted by molar-refractivity contribution is 7.92. The van der Waals surface area contributed by atoms with Crippen LogP contribution in [0.1, 0.15) is 94.5 Å². The Labute approximate surface area is 257 Å². The maximum absolute atomic E-state index is 13.8. The first-order chi connectivity index (χ1) is 20.2. The fraction of sp³-hybridized carbons (Fsp3) is 0.556. The van der Waals surface area contributed by atoms with Gasteiger partial charge in [-0.1, -0.05) is 44.2 Å². The Hall–Kier alpha value is -2.77. The van der Waals surface area contributed by atoms with E-state index in [4.69, 9.17) is 9.97 Å². The summed E-state index contributed by atoms with van der Waals surface area (Å²) < 4.78 is 30.3. The summed E-state index contributed by atoms with van der Waals surface area (Å²) in [5.74, 6) is 2.21. The molecule has 2 N–H and O–H groups in total. The number of benzene rings is 2. The Morgan fingerprint density at radius 1 is 1.00 bits per heavy atom. The molecule has 2 fully saturated rings. The second-order valence-electron chi connectivity index (χ2n) is 14.9. The average molecular weight is 602 g/mol. The van der Waals surface area contributed by atoms with Gasteiger partial charge in [0.15, 0.2) is 0 Å². The SMILES string of the molecule is Cc1cccc(C)c1-c1cc2nc(n1)NS(=O)(=O)c1cccc(c1)C(C1CC3(C1)CC(C(C)(C)O)C3)[C@H](CC(C)C)CC2. The molecule has 2 heterocycles. The number of aromatic nitrogens is 2. The molecule has 2 saturated carbocycles. The highest BCUT2D eigenvalue weighted by Crippen LogP contribution is 2.66. The number of nitrogens with one attached hydrogen (secondary N) is 1. The van der Waals surface area contributed by atoms with Crippen molar-refractivity contribution in [3.05, 3.63) is 70.9 Å². The van der Waals surface area contributed by atoms with Gasteiger partial charge in [0.2, 0.25) is 5.95 Å². The number of rotatable bonds is 5. The maximum atomic E-state index is 13.8. The summed E-state index contributed by atoms with van der Waals surface area (Å²) in [4.78, 5) is 9.75. The Morgan fingerprint density at radius 2 is 1.67 bits per heavy atom. The molecule has 0 radical (unpaired) electrons. The lowest BCUT2D eigenvalue weighted by Crippen LogP contribution is -2.55. The summed E-state index contributed by atoms with van der Waals surface area (Å²) in [5, 5.41) is 10.6. The minimum absolute atomic E-state index is 0.130. The highest BCUT2D eigenvalue weighted by Gasteiger charge is 2.57. The van der Waals surface area contributed by atoms with Crippen molar-refractivity contribution in [1.29, 1.82) is 0 Å². The van der Waals surface area contributed by atoms with Crippen molar-refractivity contribution in [2.45, 2.75) is 103 Å². The summed E-state index contributed by atoms with van der Waals surface area (Å²) in [6.45, 7) is 12.6. The van der Waals surface area contributed by atoms with E-state index in [0.717, 1.165) is 78.6 Å². The van der Waals surface area contributed by atoms with Crippen LogP contribution in [0.5, 0.6) is 0 Å². The van der Waals surface area contributed by atoms with Crippen LogP contribution in [0, 0.1) is 42.9 Å². The number of hydrogen-bond donors (Lipinski definition) is 2. The third kappa shape index (κ3) is 6.00. The van der Waals surface area contributed by atoms with E-state index in [0.29, 0.717) is 29.1 Å². The van der Waals surface area contributed by atoms with Crippen molar-refractivity contribution in [3.63, 3.8) is 0 Å². The zero-order valence-corrected chi connectivity index (χ0v) is 27.3. The molecule has 2 aliphatic carbocycles. The van der Waals surface area contributed by atoms with Gasteiger partial charge in [-0.3, -0.25) is 0 Å². The van der Waals surface area contributed by atoms with E-state index in [9.17, 15) is 13.5 Å². The Balaban J connectivity index is 1.39. The van der Waals surface area contributed by atoms with Gasteiger partial charge in [0.05, 0.1) is 16.2 Å². The van der Waals surface area contributed by atoms with Crippen LogP contribution < -0.4 is 4.72 Å².